The van der Waals surface area contributed by atoms with Gasteiger partial charge in [0, 0.05) is 12.8 Å². The molecule has 0 aliphatic carbocycles. The molecule has 1 atom stereocenters. The third kappa shape index (κ3) is 32.9. The zero-order valence-electron chi connectivity index (χ0n) is 28.1. The number of carboxylic acid groups (broad SMARTS) is 1. The molecule has 0 aliphatic rings. The topological polar surface area (TPSA) is 63.6 Å². The molecule has 0 amide bonds. The van der Waals surface area contributed by atoms with Crippen molar-refractivity contribution in [2.45, 2.75) is 206 Å². The Labute approximate surface area is 261 Å². The number of carbonyl (C=O) groups is 2. The van der Waals surface area contributed by atoms with Crippen LogP contribution in [-0.2, 0) is 14.3 Å². The molecule has 1 unspecified atom stereocenters. The number of hydrogen-bond acceptors (Lipinski definition) is 3. The van der Waals surface area contributed by atoms with Gasteiger partial charge in [0.25, 0.3) is 0 Å². The van der Waals surface area contributed by atoms with Gasteiger partial charge in [-0.1, -0.05) is 141 Å². The molecule has 246 valence electrons. The van der Waals surface area contributed by atoms with Gasteiger partial charge in [0.1, 0.15) is 6.10 Å². The molecular formula is C38H70O4. The standard InChI is InChI=1S/C38H70O4/c1-3-5-7-9-11-13-14-15-16-17-18-19-21-23-25-31-35-38(41)42-36(33-29-26-27-30-34-37(39)40)32-28-24-22-20-12-10-8-6-4-2/h16-17,28,32,36H,3-15,18-27,29-31,33-35H2,1-2H3,(H,39,40)/b17-16-,32-28-. The van der Waals surface area contributed by atoms with Crippen LogP contribution in [0.5, 0.6) is 0 Å². The van der Waals surface area contributed by atoms with E-state index >= 15 is 0 Å². The van der Waals surface area contributed by atoms with Gasteiger partial charge >= 0.3 is 11.9 Å². The van der Waals surface area contributed by atoms with Crippen LogP contribution in [0, 0.1) is 0 Å². The van der Waals surface area contributed by atoms with E-state index in [4.69, 9.17) is 9.84 Å². The lowest BCUT2D eigenvalue weighted by Gasteiger charge is -2.15. The van der Waals surface area contributed by atoms with Gasteiger partial charge in [0.15, 0.2) is 0 Å². The minimum atomic E-state index is -0.721. The zero-order valence-corrected chi connectivity index (χ0v) is 28.1. The Bertz CT molecular complexity index is 639. The Morgan fingerprint density at radius 2 is 0.929 bits per heavy atom. The zero-order chi connectivity index (χ0) is 30.8. The maximum atomic E-state index is 12.5. The molecule has 0 aliphatic heterocycles. The Morgan fingerprint density at radius 1 is 0.524 bits per heavy atom. The highest BCUT2D eigenvalue weighted by molar-refractivity contribution is 5.69. The van der Waals surface area contributed by atoms with Gasteiger partial charge in [-0.2, -0.15) is 0 Å². The van der Waals surface area contributed by atoms with E-state index in [0.29, 0.717) is 6.42 Å². The summed E-state index contributed by atoms with van der Waals surface area (Å²) in [5.74, 6) is -0.791. The van der Waals surface area contributed by atoms with Crippen LogP contribution in [0.1, 0.15) is 200 Å². The number of rotatable bonds is 33. The highest BCUT2D eigenvalue weighted by Crippen LogP contribution is 2.15. The van der Waals surface area contributed by atoms with Gasteiger partial charge in [0.05, 0.1) is 0 Å². The number of hydrogen-bond donors (Lipinski definition) is 1. The monoisotopic (exact) mass is 591 g/mol. The molecule has 42 heavy (non-hydrogen) atoms. The van der Waals surface area contributed by atoms with Crippen molar-refractivity contribution in [1.29, 1.82) is 0 Å². The Balaban J connectivity index is 4.01. The summed E-state index contributed by atoms with van der Waals surface area (Å²) in [5, 5.41) is 8.81. The van der Waals surface area contributed by atoms with Crippen LogP contribution in [0.15, 0.2) is 24.3 Å². The Kier molecular flexibility index (Phi) is 32.6. The molecule has 1 N–H and O–H groups in total. The number of esters is 1. The lowest BCUT2D eigenvalue weighted by molar-refractivity contribution is -0.147. The quantitative estimate of drug-likeness (QED) is 0.0469. The van der Waals surface area contributed by atoms with E-state index in [9.17, 15) is 9.59 Å². The number of carbonyl (C=O) groups excluding carboxylic acids is 1. The second-order valence-electron chi connectivity index (χ2n) is 12.4. The fourth-order valence-corrected chi connectivity index (χ4v) is 5.38. The summed E-state index contributed by atoms with van der Waals surface area (Å²) in [7, 11) is 0. The summed E-state index contributed by atoms with van der Waals surface area (Å²) in [4.78, 5) is 23.2. The van der Waals surface area contributed by atoms with Crippen LogP contribution in [0.4, 0.5) is 0 Å². The molecule has 0 saturated carbocycles. The first-order chi connectivity index (χ1) is 20.6. The molecule has 4 nitrogen and oxygen atoms in total. The normalized spacial score (nSPS) is 12.4. The van der Waals surface area contributed by atoms with Gasteiger partial charge in [-0.15, -0.1) is 0 Å². The van der Waals surface area contributed by atoms with E-state index in [0.717, 1.165) is 51.4 Å². The van der Waals surface area contributed by atoms with E-state index in [1.165, 1.54) is 122 Å². The molecule has 0 aromatic rings. The van der Waals surface area contributed by atoms with E-state index in [1.54, 1.807) is 0 Å². The van der Waals surface area contributed by atoms with Crippen molar-refractivity contribution < 1.29 is 19.4 Å². The maximum Gasteiger partial charge on any atom is 0.306 e. The number of aliphatic carboxylic acids is 1. The fraction of sp³-hybridized carbons (Fsp3) is 0.842. The average Bonchev–Trinajstić information content (AvgIpc) is 2.97. The smallest absolute Gasteiger partial charge is 0.306 e. The van der Waals surface area contributed by atoms with Crippen LogP contribution < -0.4 is 0 Å². The van der Waals surface area contributed by atoms with Gasteiger partial charge in [-0.05, 0) is 70.3 Å². The SMILES string of the molecule is CCCCCCCCC/C=C\CCCCCCCC(=O)OC(/C=C\CCCCCCCCC)CCCCCCC(=O)O. The van der Waals surface area contributed by atoms with Crippen molar-refractivity contribution in [1.82, 2.24) is 0 Å². The first-order valence-corrected chi connectivity index (χ1v) is 18.3. The van der Waals surface area contributed by atoms with E-state index in [-0.39, 0.29) is 18.5 Å². The minimum Gasteiger partial charge on any atom is -0.481 e. The van der Waals surface area contributed by atoms with Gasteiger partial charge in [-0.3, -0.25) is 9.59 Å². The van der Waals surface area contributed by atoms with E-state index in [1.807, 2.05) is 0 Å². The van der Waals surface area contributed by atoms with E-state index in [2.05, 4.69) is 38.2 Å². The summed E-state index contributed by atoms with van der Waals surface area (Å²) in [5.41, 5.74) is 0. The van der Waals surface area contributed by atoms with Gasteiger partial charge in [-0.25, -0.2) is 0 Å². The molecule has 0 radical (unpaired) electrons. The number of ether oxygens (including phenoxy) is 1. The summed E-state index contributed by atoms with van der Waals surface area (Å²) >= 11 is 0. The molecule has 0 rings (SSSR count). The van der Waals surface area contributed by atoms with Crippen LogP contribution in [0.3, 0.4) is 0 Å². The summed E-state index contributed by atoms with van der Waals surface area (Å²) in [6.07, 6.45) is 42.0. The van der Waals surface area contributed by atoms with Crippen molar-refractivity contribution in [3.8, 4) is 0 Å². The number of carboxylic acids is 1. The van der Waals surface area contributed by atoms with Crippen molar-refractivity contribution in [3.05, 3.63) is 24.3 Å². The lowest BCUT2D eigenvalue weighted by Crippen LogP contribution is -2.16. The number of allylic oxidation sites excluding steroid dienone is 3. The first kappa shape index (κ1) is 40.4. The van der Waals surface area contributed by atoms with Crippen molar-refractivity contribution in [3.63, 3.8) is 0 Å². The largest absolute Gasteiger partial charge is 0.481 e. The maximum absolute atomic E-state index is 12.5. The molecule has 0 heterocycles. The summed E-state index contributed by atoms with van der Waals surface area (Å²) in [6.45, 7) is 4.53. The second kappa shape index (κ2) is 33.9. The van der Waals surface area contributed by atoms with Crippen LogP contribution in [0.25, 0.3) is 0 Å². The van der Waals surface area contributed by atoms with Gasteiger partial charge < -0.3 is 9.84 Å². The average molecular weight is 591 g/mol. The third-order valence-corrected chi connectivity index (χ3v) is 8.13. The summed E-state index contributed by atoms with van der Waals surface area (Å²) < 4.78 is 5.86. The third-order valence-electron chi connectivity index (χ3n) is 8.13. The van der Waals surface area contributed by atoms with Crippen LogP contribution >= 0.6 is 0 Å². The van der Waals surface area contributed by atoms with Crippen molar-refractivity contribution in [2.75, 3.05) is 0 Å². The molecular weight excluding hydrogens is 520 g/mol. The second-order valence-corrected chi connectivity index (χ2v) is 12.4. The molecule has 4 heteroatoms. The highest BCUT2D eigenvalue weighted by Gasteiger charge is 2.11. The highest BCUT2D eigenvalue weighted by atomic mass is 16.5. The van der Waals surface area contributed by atoms with Crippen LogP contribution in [-0.4, -0.2) is 23.1 Å². The fourth-order valence-electron chi connectivity index (χ4n) is 5.38. The Morgan fingerprint density at radius 3 is 1.43 bits per heavy atom. The Hall–Kier alpha value is -1.58. The first-order valence-electron chi connectivity index (χ1n) is 18.3. The minimum absolute atomic E-state index is 0.0697. The van der Waals surface area contributed by atoms with Crippen molar-refractivity contribution in [2.24, 2.45) is 0 Å². The lowest BCUT2D eigenvalue weighted by atomic mass is 10.1. The predicted octanol–water partition coefficient (Wildman–Crippen LogP) is 12.4. The molecule has 0 saturated heterocycles. The number of unbranched alkanes of at least 4 members (excludes halogenated alkanes) is 22. The summed E-state index contributed by atoms with van der Waals surface area (Å²) in [6, 6.07) is 0. The molecule has 0 aromatic carbocycles. The van der Waals surface area contributed by atoms with Gasteiger partial charge in [0.2, 0.25) is 0 Å². The van der Waals surface area contributed by atoms with Crippen LogP contribution in [0.2, 0.25) is 0 Å². The van der Waals surface area contributed by atoms with Crippen molar-refractivity contribution >= 4 is 11.9 Å². The molecule has 0 aromatic heterocycles. The molecule has 0 spiro atoms. The predicted molar refractivity (Wildman–Crippen MR) is 181 cm³/mol. The molecule has 0 fully saturated rings. The molecule has 0 bridgehead atoms. The van der Waals surface area contributed by atoms with E-state index < -0.39 is 5.97 Å².